The standard InChI is InChI=1S/C7H9NS.C2H4/c1-6-3-7(9-2)5-8-4-6;1-2/h3-5H,1-2H3;1-2H2. The van der Waals surface area contributed by atoms with E-state index in [1.807, 2.05) is 19.3 Å². The molecule has 1 rings (SSSR count). The minimum atomic E-state index is 1.22. The van der Waals surface area contributed by atoms with Gasteiger partial charge in [0.05, 0.1) is 0 Å². The Morgan fingerprint density at radius 2 is 2.00 bits per heavy atom. The molecule has 0 fully saturated rings. The van der Waals surface area contributed by atoms with Gasteiger partial charge in [0.25, 0.3) is 0 Å². The number of nitrogens with zero attached hydrogens (tertiary/aromatic N) is 1. The molecule has 2 heteroatoms. The van der Waals surface area contributed by atoms with Gasteiger partial charge in [-0.15, -0.1) is 24.9 Å². The monoisotopic (exact) mass is 167 g/mol. The molecule has 0 bridgehead atoms. The molecule has 0 radical (unpaired) electrons. The number of rotatable bonds is 1. The molecule has 1 aromatic rings. The molecule has 11 heavy (non-hydrogen) atoms. The smallest absolute Gasteiger partial charge is 0.0403 e. The van der Waals surface area contributed by atoms with Crippen LogP contribution < -0.4 is 0 Å². The average Bonchev–Trinajstić information content (AvgIpc) is 2.08. The maximum Gasteiger partial charge on any atom is 0.0403 e. The Kier molecular flexibility index (Phi) is 5.57. The van der Waals surface area contributed by atoms with Gasteiger partial charge in [0.1, 0.15) is 0 Å². The van der Waals surface area contributed by atoms with E-state index in [0.717, 1.165) is 0 Å². The van der Waals surface area contributed by atoms with E-state index in [2.05, 4.69) is 30.5 Å². The molecule has 0 aliphatic heterocycles. The molecule has 0 spiro atoms. The third-order valence-corrected chi connectivity index (χ3v) is 1.78. The summed E-state index contributed by atoms with van der Waals surface area (Å²) in [4.78, 5) is 5.27. The van der Waals surface area contributed by atoms with Crippen LogP contribution in [0.5, 0.6) is 0 Å². The van der Waals surface area contributed by atoms with Crippen molar-refractivity contribution in [2.24, 2.45) is 0 Å². The SMILES string of the molecule is C=C.CSc1cncc(C)c1. The third kappa shape index (κ3) is 3.83. The Morgan fingerprint density at radius 1 is 1.36 bits per heavy atom. The van der Waals surface area contributed by atoms with Gasteiger partial charge in [0, 0.05) is 17.3 Å². The van der Waals surface area contributed by atoms with E-state index in [-0.39, 0.29) is 0 Å². The van der Waals surface area contributed by atoms with Crippen LogP contribution in [-0.2, 0) is 0 Å². The van der Waals surface area contributed by atoms with Crippen molar-refractivity contribution in [3.8, 4) is 0 Å². The predicted molar refractivity (Wildman–Crippen MR) is 52.0 cm³/mol. The Hall–Kier alpha value is -0.760. The number of thioether (sulfide) groups is 1. The van der Waals surface area contributed by atoms with Crippen molar-refractivity contribution in [2.45, 2.75) is 11.8 Å². The minimum absolute atomic E-state index is 1.22. The summed E-state index contributed by atoms with van der Waals surface area (Å²) in [7, 11) is 0. The molecule has 0 atom stereocenters. The minimum Gasteiger partial charge on any atom is -0.263 e. The molecule has 0 aliphatic rings. The first kappa shape index (κ1) is 10.2. The summed E-state index contributed by atoms with van der Waals surface area (Å²) in [6.07, 6.45) is 5.79. The van der Waals surface area contributed by atoms with Crippen LogP contribution in [0, 0.1) is 6.92 Å². The van der Waals surface area contributed by atoms with Crippen molar-refractivity contribution in [3.63, 3.8) is 0 Å². The summed E-state index contributed by atoms with van der Waals surface area (Å²) in [5.41, 5.74) is 1.22. The van der Waals surface area contributed by atoms with Crippen LogP contribution >= 0.6 is 11.8 Å². The van der Waals surface area contributed by atoms with Gasteiger partial charge in [-0.25, -0.2) is 0 Å². The first-order valence-electron chi connectivity index (χ1n) is 3.28. The highest BCUT2D eigenvalue weighted by Gasteiger charge is 1.87. The van der Waals surface area contributed by atoms with Crippen LogP contribution in [0.3, 0.4) is 0 Å². The zero-order valence-corrected chi connectivity index (χ0v) is 7.82. The van der Waals surface area contributed by atoms with E-state index in [0.29, 0.717) is 0 Å². The molecule has 1 aromatic heterocycles. The van der Waals surface area contributed by atoms with Gasteiger partial charge < -0.3 is 0 Å². The zero-order valence-electron chi connectivity index (χ0n) is 7.00. The number of hydrogen-bond donors (Lipinski definition) is 0. The normalized spacial score (nSPS) is 8.18. The Bertz CT molecular complexity index is 210. The largest absolute Gasteiger partial charge is 0.263 e. The predicted octanol–water partition coefficient (Wildman–Crippen LogP) is 2.91. The van der Waals surface area contributed by atoms with Crippen molar-refractivity contribution in [3.05, 3.63) is 37.2 Å². The van der Waals surface area contributed by atoms with Crippen molar-refractivity contribution in [1.82, 2.24) is 4.98 Å². The Balaban J connectivity index is 0.000000461. The van der Waals surface area contributed by atoms with E-state index in [4.69, 9.17) is 0 Å². The van der Waals surface area contributed by atoms with E-state index in [1.165, 1.54) is 10.5 Å². The van der Waals surface area contributed by atoms with Crippen LogP contribution in [0.25, 0.3) is 0 Å². The first-order valence-corrected chi connectivity index (χ1v) is 4.51. The molecule has 1 heterocycles. The summed E-state index contributed by atoms with van der Waals surface area (Å²) in [6.45, 7) is 8.05. The second kappa shape index (κ2) is 5.98. The second-order valence-electron chi connectivity index (χ2n) is 1.90. The summed E-state index contributed by atoms with van der Waals surface area (Å²) in [5, 5.41) is 0. The second-order valence-corrected chi connectivity index (χ2v) is 2.78. The van der Waals surface area contributed by atoms with Gasteiger partial charge in [-0.2, -0.15) is 0 Å². The average molecular weight is 167 g/mol. The maximum absolute atomic E-state index is 4.03. The van der Waals surface area contributed by atoms with Gasteiger partial charge in [-0.05, 0) is 24.8 Å². The highest BCUT2D eigenvalue weighted by Crippen LogP contribution is 2.12. The highest BCUT2D eigenvalue weighted by atomic mass is 32.2. The van der Waals surface area contributed by atoms with Crippen LogP contribution in [0.1, 0.15) is 5.56 Å². The summed E-state index contributed by atoms with van der Waals surface area (Å²) < 4.78 is 0. The molecular formula is C9H13NS. The number of hydrogen-bond acceptors (Lipinski definition) is 2. The summed E-state index contributed by atoms with van der Waals surface area (Å²) in [6, 6.07) is 2.12. The van der Waals surface area contributed by atoms with Gasteiger partial charge in [0.2, 0.25) is 0 Å². The van der Waals surface area contributed by atoms with Crippen LogP contribution in [0.2, 0.25) is 0 Å². The first-order chi connectivity index (χ1) is 5.33. The van der Waals surface area contributed by atoms with E-state index in [1.54, 1.807) is 11.8 Å². The molecular weight excluding hydrogens is 154 g/mol. The molecule has 0 N–H and O–H groups in total. The lowest BCUT2D eigenvalue weighted by Crippen LogP contribution is -1.76. The number of aryl methyl sites for hydroxylation is 1. The molecule has 60 valence electrons. The van der Waals surface area contributed by atoms with Crippen molar-refractivity contribution in [2.75, 3.05) is 6.26 Å². The van der Waals surface area contributed by atoms with E-state index in [9.17, 15) is 0 Å². The van der Waals surface area contributed by atoms with E-state index < -0.39 is 0 Å². The lowest BCUT2D eigenvalue weighted by molar-refractivity contribution is 1.19. The lowest BCUT2D eigenvalue weighted by atomic mass is 10.3. The van der Waals surface area contributed by atoms with E-state index >= 15 is 0 Å². The van der Waals surface area contributed by atoms with Crippen molar-refractivity contribution in [1.29, 1.82) is 0 Å². The third-order valence-electron chi connectivity index (χ3n) is 1.09. The Morgan fingerprint density at radius 3 is 2.36 bits per heavy atom. The quantitative estimate of drug-likeness (QED) is 0.471. The van der Waals surface area contributed by atoms with Gasteiger partial charge in [0.15, 0.2) is 0 Å². The van der Waals surface area contributed by atoms with Gasteiger partial charge >= 0.3 is 0 Å². The molecule has 0 saturated heterocycles. The van der Waals surface area contributed by atoms with Gasteiger partial charge in [-0.3, -0.25) is 4.98 Å². The Labute approximate surface area is 72.6 Å². The molecule has 0 saturated carbocycles. The highest BCUT2D eigenvalue weighted by molar-refractivity contribution is 7.98. The fourth-order valence-electron chi connectivity index (χ4n) is 0.639. The van der Waals surface area contributed by atoms with Gasteiger partial charge in [-0.1, -0.05) is 0 Å². The number of pyridine rings is 1. The van der Waals surface area contributed by atoms with Crippen LogP contribution in [-0.4, -0.2) is 11.2 Å². The fraction of sp³-hybridized carbons (Fsp3) is 0.222. The molecule has 1 nitrogen and oxygen atoms in total. The zero-order chi connectivity index (χ0) is 8.69. The molecule has 0 unspecified atom stereocenters. The molecule has 0 aliphatic carbocycles. The summed E-state index contributed by atoms with van der Waals surface area (Å²) in [5.74, 6) is 0. The summed E-state index contributed by atoms with van der Waals surface area (Å²) >= 11 is 1.72. The topological polar surface area (TPSA) is 12.9 Å². The lowest BCUT2D eigenvalue weighted by Gasteiger charge is -1.93. The fourth-order valence-corrected chi connectivity index (χ4v) is 1.11. The molecule has 0 amide bonds. The van der Waals surface area contributed by atoms with Crippen molar-refractivity contribution >= 4 is 11.8 Å². The van der Waals surface area contributed by atoms with Crippen molar-refractivity contribution < 1.29 is 0 Å². The molecule has 0 aromatic carbocycles. The maximum atomic E-state index is 4.03. The number of aromatic nitrogens is 1. The van der Waals surface area contributed by atoms with Crippen LogP contribution in [0.4, 0.5) is 0 Å². The van der Waals surface area contributed by atoms with Crippen LogP contribution in [0.15, 0.2) is 36.5 Å².